The summed E-state index contributed by atoms with van der Waals surface area (Å²) in [5.41, 5.74) is 1.81. The van der Waals surface area contributed by atoms with Gasteiger partial charge in [-0.25, -0.2) is 13.1 Å². The maximum atomic E-state index is 12.6. The van der Waals surface area contributed by atoms with Gasteiger partial charge in [0.2, 0.25) is 10.0 Å². The summed E-state index contributed by atoms with van der Waals surface area (Å²) >= 11 is 6.04. The Balaban J connectivity index is 1.77. The molecule has 7 heteroatoms. The minimum atomic E-state index is -3.70. The smallest absolute Gasteiger partial charge is 0.240 e. The lowest BCUT2D eigenvalue weighted by atomic mass is 10.0. The standard InChI is InChI=1S/C18H20ClNO4S/c1-23-17-8-7-15(9-16(17)19)25(21,22)20-12-18(24-2)10-13-5-3-4-6-14(13)11-18/h3-9,20H,10-12H2,1-2H3. The second-order valence-corrected chi connectivity index (χ2v) is 8.30. The summed E-state index contributed by atoms with van der Waals surface area (Å²) in [4.78, 5) is 0.0973. The summed E-state index contributed by atoms with van der Waals surface area (Å²) in [5, 5.41) is 0.250. The number of ether oxygens (including phenoxy) is 2. The molecular formula is C18H20ClNO4S. The quantitative estimate of drug-likeness (QED) is 0.835. The van der Waals surface area contributed by atoms with Crippen LogP contribution in [0.15, 0.2) is 47.4 Å². The van der Waals surface area contributed by atoms with E-state index in [4.69, 9.17) is 21.1 Å². The predicted octanol–water partition coefficient (Wildman–Crippen LogP) is 2.81. The van der Waals surface area contributed by atoms with Crippen LogP contribution >= 0.6 is 11.6 Å². The third-order valence-electron chi connectivity index (χ3n) is 4.59. The van der Waals surface area contributed by atoms with E-state index in [-0.39, 0.29) is 16.5 Å². The Labute approximate surface area is 153 Å². The monoisotopic (exact) mass is 381 g/mol. The molecule has 2 aromatic rings. The average Bonchev–Trinajstić information content (AvgIpc) is 2.99. The molecule has 0 saturated heterocycles. The highest BCUT2D eigenvalue weighted by Gasteiger charge is 2.38. The van der Waals surface area contributed by atoms with Crippen molar-refractivity contribution >= 4 is 21.6 Å². The van der Waals surface area contributed by atoms with Gasteiger partial charge in [0.25, 0.3) is 0 Å². The molecule has 5 nitrogen and oxygen atoms in total. The molecule has 0 heterocycles. The topological polar surface area (TPSA) is 64.6 Å². The van der Waals surface area contributed by atoms with E-state index in [0.717, 1.165) is 0 Å². The molecule has 0 unspecified atom stereocenters. The molecular weight excluding hydrogens is 362 g/mol. The SMILES string of the molecule is COc1ccc(S(=O)(=O)NCC2(OC)Cc3ccccc3C2)cc1Cl. The lowest BCUT2D eigenvalue weighted by Crippen LogP contribution is -2.45. The van der Waals surface area contributed by atoms with Crippen molar-refractivity contribution in [1.29, 1.82) is 0 Å². The molecule has 1 aliphatic rings. The number of fused-ring (bicyclic) bond motifs is 1. The molecule has 0 spiro atoms. The number of rotatable bonds is 6. The third kappa shape index (κ3) is 3.67. The van der Waals surface area contributed by atoms with Crippen molar-refractivity contribution in [3.05, 3.63) is 58.6 Å². The first-order valence-electron chi connectivity index (χ1n) is 7.84. The van der Waals surface area contributed by atoms with Gasteiger partial charge in [-0.3, -0.25) is 0 Å². The van der Waals surface area contributed by atoms with Crippen LogP contribution in [0.3, 0.4) is 0 Å². The Morgan fingerprint density at radius 3 is 2.28 bits per heavy atom. The van der Waals surface area contributed by atoms with Gasteiger partial charge < -0.3 is 9.47 Å². The zero-order valence-corrected chi connectivity index (χ0v) is 15.7. The lowest BCUT2D eigenvalue weighted by Gasteiger charge is -2.27. The van der Waals surface area contributed by atoms with Crippen molar-refractivity contribution in [2.75, 3.05) is 20.8 Å². The van der Waals surface area contributed by atoms with Crippen molar-refractivity contribution in [1.82, 2.24) is 4.72 Å². The molecule has 1 N–H and O–H groups in total. The minimum Gasteiger partial charge on any atom is -0.495 e. The number of methoxy groups -OCH3 is 2. The Morgan fingerprint density at radius 1 is 1.12 bits per heavy atom. The molecule has 25 heavy (non-hydrogen) atoms. The van der Waals surface area contributed by atoms with Crippen LogP contribution in [-0.2, 0) is 27.6 Å². The molecule has 0 saturated carbocycles. The fourth-order valence-electron chi connectivity index (χ4n) is 3.12. The van der Waals surface area contributed by atoms with Gasteiger partial charge in [0.1, 0.15) is 5.75 Å². The summed E-state index contributed by atoms with van der Waals surface area (Å²) in [7, 11) is -0.605. The summed E-state index contributed by atoms with van der Waals surface area (Å²) in [6.07, 6.45) is 1.34. The minimum absolute atomic E-state index is 0.0973. The van der Waals surface area contributed by atoms with Gasteiger partial charge in [-0.2, -0.15) is 0 Å². The van der Waals surface area contributed by atoms with Crippen molar-refractivity contribution < 1.29 is 17.9 Å². The molecule has 0 aromatic heterocycles. The van der Waals surface area contributed by atoms with E-state index in [1.807, 2.05) is 24.3 Å². The maximum absolute atomic E-state index is 12.6. The van der Waals surface area contributed by atoms with E-state index in [0.29, 0.717) is 18.6 Å². The molecule has 0 fully saturated rings. The molecule has 0 amide bonds. The van der Waals surface area contributed by atoms with Crippen LogP contribution in [0, 0.1) is 0 Å². The first-order valence-corrected chi connectivity index (χ1v) is 9.70. The van der Waals surface area contributed by atoms with Crippen molar-refractivity contribution in [2.24, 2.45) is 0 Å². The summed E-state index contributed by atoms with van der Waals surface area (Å²) in [6.45, 7) is 0.185. The number of nitrogens with one attached hydrogen (secondary N) is 1. The maximum Gasteiger partial charge on any atom is 0.240 e. The number of hydrogen-bond donors (Lipinski definition) is 1. The largest absolute Gasteiger partial charge is 0.495 e. The van der Waals surface area contributed by atoms with E-state index in [1.165, 1.54) is 36.4 Å². The fraction of sp³-hybridized carbons (Fsp3) is 0.333. The highest BCUT2D eigenvalue weighted by Crippen LogP contribution is 2.33. The number of benzene rings is 2. The normalized spacial score (nSPS) is 15.8. The van der Waals surface area contributed by atoms with Gasteiger partial charge in [0.15, 0.2) is 0 Å². The zero-order valence-electron chi connectivity index (χ0n) is 14.1. The molecule has 0 radical (unpaired) electrons. The second kappa shape index (κ2) is 6.96. The molecule has 134 valence electrons. The van der Waals surface area contributed by atoms with Gasteiger partial charge >= 0.3 is 0 Å². The number of sulfonamides is 1. The third-order valence-corrected chi connectivity index (χ3v) is 6.29. The summed E-state index contributed by atoms with van der Waals surface area (Å²) in [6, 6.07) is 12.4. The second-order valence-electron chi connectivity index (χ2n) is 6.13. The Bertz CT molecular complexity index is 857. The van der Waals surface area contributed by atoms with E-state index < -0.39 is 15.6 Å². The summed E-state index contributed by atoms with van der Waals surface area (Å²) < 4.78 is 38.6. The average molecular weight is 382 g/mol. The van der Waals surface area contributed by atoms with Crippen molar-refractivity contribution in [3.8, 4) is 5.75 Å². The molecule has 0 atom stereocenters. The Morgan fingerprint density at radius 2 is 1.76 bits per heavy atom. The van der Waals surface area contributed by atoms with Gasteiger partial charge in [-0.05, 0) is 29.3 Å². The lowest BCUT2D eigenvalue weighted by molar-refractivity contribution is 0.00378. The van der Waals surface area contributed by atoms with Crippen LogP contribution in [0.5, 0.6) is 5.75 Å². The Hall–Kier alpha value is -1.60. The van der Waals surface area contributed by atoms with Gasteiger partial charge in [-0.15, -0.1) is 0 Å². The summed E-state index contributed by atoms with van der Waals surface area (Å²) in [5.74, 6) is 0.431. The van der Waals surface area contributed by atoms with Crippen LogP contribution in [-0.4, -0.2) is 34.8 Å². The van der Waals surface area contributed by atoms with E-state index in [1.54, 1.807) is 7.11 Å². The Kier molecular flexibility index (Phi) is 5.06. The number of hydrogen-bond acceptors (Lipinski definition) is 4. The van der Waals surface area contributed by atoms with Crippen molar-refractivity contribution in [2.45, 2.75) is 23.3 Å². The van der Waals surface area contributed by atoms with Crippen LogP contribution in [0.1, 0.15) is 11.1 Å². The van der Waals surface area contributed by atoms with E-state index in [9.17, 15) is 8.42 Å². The molecule has 0 bridgehead atoms. The van der Waals surface area contributed by atoms with Crippen LogP contribution in [0.4, 0.5) is 0 Å². The number of halogens is 1. The van der Waals surface area contributed by atoms with Gasteiger partial charge in [0.05, 0.1) is 22.6 Å². The van der Waals surface area contributed by atoms with Crippen LogP contribution in [0.25, 0.3) is 0 Å². The molecule has 3 rings (SSSR count). The fourth-order valence-corrected chi connectivity index (χ4v) is 4.59. The zero-order chi connectivity index (χ0) is 18.1. The highest BCUT2D eigenvalue weighted by molar-refractivity contribution is 7.89. The molecule has 1 aliphatic carbocycles. The van der Waals surface area contributed by atoms with E-state index >= 15 is 0 Å². The van der Waals surface area contributed by atoms with Crippen LogP contribution < -0.4 is 9.46 Å². The highest BCUT2D eigenvalue weighted by atomic mass is 35.5. The van der Waals surface area contributed by atoms with Crippen LogP contribution in [0.2, 0.25) is 5.02 Å². The first-order chi connectivity index (χ1) is 11.9. The van der Waals surface area contributed by atoms with Gasteiger partial charge in [0, 0.05) is 26.5 Å². The van der Waals surface area contributed by atoms with E-state index in [2.05, 4.69) is 4.72 Å². The molecule has 0 aliphatic heterocycles. The van der Waals surface area contributed by atoms with Crippen molar-refractivity contribution in [3.63, 3.8) is 0 Å². The molecule has 2 aromatic carbocycles. The first kappa shape index (κ1) is 18.2. The van der Waals surface area contributed by atoms with Gasteiger partial charge in [-0.1, -0.05) is 35.9 Å². The predicted molar refractivity (Wildman–Crippen MR) is 96.8 cm³/mol.